The second-order valence-corrected chi connectivity index (χ2v) is 5.74. The van der Waals surface area contributed by atoms with Gasteiger partial charge in [-0.2, -0.15) is 0 Å². The maximum Gasteiger partial charge on any atom is 0.271 e. The van der Waals surface area contributed by atoms with E-state index in [1.54, 1.807) is 29.7 Å². The van der Waals surface area contributed by atoms with Crippen LogP contribution in [0.25, 0.3) is 0 Å². The molecule has 0 saturated heterocycles. The third-order valence-electron chi connectivity index (χ3n) is 2.70. The smallest absolute Gasteiger partial charge is 0.271 e. The molecule has 0 bridgehead atoms. The van der Waals surface area contributed by atoms with Crippen molar-refractivity contribution in [2.24, 2.45) is 0 Å². The molecule has 0 atom stereocenters. The van der Waals surface area contributed by atoms with Gasteiger partial charge in [-0.05, 0) is 31.2 Å². The highest BCUT2D eigenvalue weighted by Gasteiger charge is 2.11. The summed E-state index contributed by atoms with van der Waals surface area (Å²) in [5.41, 5.74) is 0.891. The lowest BCUT2D eigenvalue weighted by Gasteiger charge is -2.04. The van der Waals surface area contributed by atoms with Crippen molar-refractivity contribution in [1.29, 1.82) is 0 Å². The third-order valence-corrected chi connectivity index (χ3v) is 3.70. The van der Waals surface area contributed by atoms with Crippen LogP contribution in [0, 0.1) is 18.8 Å². The maximum atomic E-state index is 12.2. The number of aliphatic hydroxyl groups is 1. The molecular formula is C16H16N2O2S. The van der Waals surface area contributed by atoms with Gasteiger partial charge in [-0.1, -0.05) is 11.8 Å². The van der Waals surface area contributed by atoms with Crippen LogP contribution in [0.1, 0.15) is 32.2 Å². The summed E-state index contributed by atoms with van der Waals surface area (Å²) in [5.74, 6) is 5.43. The lowest BCUT2D eigenvalue weighted by Crippen LogP contribution is -2.24. The van der Waals surface area contributed by atoms with Gasteiger partial charge >= 0.3 is 0 Å². The summed E-state index contributed by atoms with van der Waals surface area (Å²) in [7, 11) is 0. The van der Waals surface area contributed by atoms with E-state index in [9.17, 15) is 4.79 Å². The Hall–Kier alpha value is -2.16. The number of aliphatic hydroxyl groups excluding tert-OH is 1. The molecule has 2 aromatic heterocycles. The number of nitrogens with one attached hydrogen (secondary N) is 1. The van der Waals surface area contributed by atoms with E-state index >= 15 is 0 Å². The van der Waals surface area contributed by atoms with E-state index in [1.807, 2.05) is 19.1 Å². The molecule has 2 heterocycles. The van der Waals surface area contributed by atoms with Gasteiger partial charge in [0.1, 0.15) is 5.69 Å². The first kappa shape index (κ1) is 15.2. The fourth-order valence-corrected chi connectivity index (χ4v) is 2.56. The van der Waals surface area contributed by atoms with E-state index in [2.05, 4.69) is 22.1 Å². The second-order valence-electron chi connectivity index (χ2n) is 4.37. The van der Waals surface area contributed by atoms with Crippen LogP contribution in [0.15, 0.2) is 30.5 Å². The number of amides is 1. The van der Waals surface area contributed by atoms with Crippen LogP contribution in [0.4, 0.5) is 0 Å². The number of thiophene rings is 1. The number of aryl methyl sites for hydroxylation is 1. The van der Waals surface area contributed by atoms with Crippen molar-refractivity contribution < 1.29 is 9.90 Å². The van der Waals surface area contributed by atoms with Crippen molar-refractivity contribution in [3.05, 3.63) is 51.5 Å². The molecule has 108 valence electrons. The molecule has 2 aromatic rings. The quantitative estimate of drug-likeness (QED) is 0.850. The predicted molar refractivity (Wildman–Crippen MR) is 83.0 cm³/mol. The summed E-state index contributed by atoms with van der Waals surface area (Å²) in [6.45, 7) is 2.52. The summed E-state index contributed by atoms with van der Waals surface area (Å²) in [6.07, 6.45) is 1.95. The van der Waals surface area contributed by atoms with Gasteiger partial charge in [0.15, 0.2) is 0 Å². The van der Waals surface area contributed by atoms with Crippen molar-refractivity contribution in [2.45, 2.75) is 19.9 Å². The lowest BCUT2D eigenvalue weighted by molar-refractivity contribution is 0.0946. The van der Waals surface area contributed by atoms with Crippen LogP contribution in [0.3, 0.4) is 0 Å². The first-order valence-corrected chi connectivity index (χ1v) is 7.40. The highest BCUT2D eigenvalue weighted by molar-refractivity contribution is 7.11. The Morgan fingerprint density at radius 2 is 2.29 bits per heavy atom. The van der Waals surface area contributed by atoms with Crippen LogP contribution in [0.5, 0.6) is 0 Å². The molecule has 2 N–H and O–H groups in total. The Kier molecular flexibility index (Phi) is 5.50. The largest absolute Gasteiger partial charge is 0.395 e. The van der Waals surface area contributed by atoms with Crippen molar-refractivity contribution in [3.63, 3.8) is 0 Å². The molecule has 0 aliphatic heterocycles. The molecule has 0 aromatic carbocycles. The third kappa shape index (κ3) is 4.42. The van der Waals surface area contributed by atoms with Crippen LogP contribution in [-0.4, -0.2) is 22.6 Å². The topological polar surface area (TPSA) is 62.2 Å². The highest BCUT2D eigenvalue weighted by atomic mass is 32.1. The van der Waals surface area contributed by atoms with Gasteiger partial charge in [0.05, 0.1) is 18.7 Å². The zero-order valence-corrected chi connectivity index (χ0v) is 12.5. The molecule has 0 radical (unpaired) electrons. The SMILES string of the molecule is Cc1ccc(CNC(=O)c2ncccc2C#CCCO)s1. The highest BCUT2D eigenvalue weighted by Crippen LogP contribution is 2.14. The molecule has 4 nitrogen and oxygen atoms in total. The van der Waals surface area contributed by atoms with Crippen LogP contribution >= 0.6 is 11.3 Å². The van der Waals surface area contributed by atoms with E-state index < -0.39 is 0 Å². The molecule has 2 rings (SSSR count). The predicted octanol–water partition coefficient (Wildman–Crippen LogP) is 2.12. The van der Waals surface area contributed by atoms with E-state index in [4.69, 9.17) is 5.11 Å². The minimum Gasteiger partial charge on any atom is -0.395 e. The Morgan fingerprint density at radius 1 is 1.43 bits per heavy atom. The molecule has 0 aliphatic carbocycles. The van der Waals surface area contributed by atoms with Crippen LogP contribution in [-0.2, 0) is 6.54 Å². The monoisotopic (exact) mass is 300 g/mol. The van der Waals surface area contributed by atoms with Crippen molar-refractivity contribution in [3.8, 4) is 11.8 Å². The Labute approximate surface area is 127 Å². The number of carbonyl (C=O) groups is 1. The van der Waals surface area contributed by atoms with Crippen molar-refractivity contribution in [1.82, 2.24) is 10.3 Å². The molecule has 21 heavy (non-hydrogen) atoms. The van der Waals surface area contributed by atoms with Gasteiger partial charge < -0.3 is 10.4 Å². The normalized spacial score (nSPS) is 9.81. The minimum absolute atomic E-state index is 0.00647. The molecule has 0 aliphatic rings. The van der Waals surface area contributed by atoms with Gasteiger partial charge in [0, 0.05) is 22.4 Å². The molecular weight excluding hydrogens is 284 g/mol. The van der Waals surface area contributed by atoms with Gasteiger partial charge in [-0.15, -0.1) is 11.3 Å². The number of hydrogen-bond donors (Lipinski definition) is 2. The number of rotatable bonds is 4. The molecule has 0 fully saturated rings. The minimum atomic E-state index is -0.241. The fraction of sp³-hybridized carbons (Fsp3) is 0.250. The average Bonchev–Trinajstić information content (AvgIpc) is 2.91. The van der Waals surface area contributed by atoms with Gasteiger partial charge in [0.25, 0.3) is 5.91 Å². The standard InChI is InChI=1S/C16H16N2O2S/c1-12-7-8-14(21-12)11-18-16(20)15-13(5-2-3-10-19)6-4-9-17-15/h4,6-9,19H,3,10-11H2,1H3,(H,18,20). The van der Waals surface area contributed by atoms with E-state index in [0.29, 0.717) is 24.2 Å². The average molecular weight is 300 g/mol. The number of hydrogen-bond acceptors (Lipinski definition) is 4. The number of nitrogens with zero attached hydrogens (tertiary/aromatic N) is 1. The summed E-state index contributed by atoms with van der Waals surface area (Å²) in [6, 6.07) is 7.52. The fourth-order valence-electron chi connectivity index (χ4n) is 1.73. The number of aromatic nitrogens is 1. The van der Waals surface area contributed by atoms with Gasteiger partial charge in [0.2, 0.25) is 0 Å². The molecule has 0 saturated carbocycles. The van der Waals surface area contributed by atoms with Gasteiger partial charge in [-0.25, -0.2) is 4.98 Å². The Balaban J connectivity index is 2.07. The second kappa shape index (κ2) is 7.58. The van der Waals surface area contributed by atoms with Gasteiger partial charge in [-0.3, -0.25) is 4.79 Å². The first-order valence-electron chi connectivity index (χ1n) is 6.59. The van der Waals surface area contributed by atoms with E-state index in [0.717, 1.165) is 4.88 Å². The summed E-state index contributed by atoms with van der Waals surface area (Å²) in [4.78, 5) is 18.6. The van der Waals surface area contributed by atoms with Crippen LogP contribution < -0.4 is 5.32 Å². The Morgan fingerprint density at radius 3 is 3.00 bits per heavy atom. The first-order chi connectivity index (χ1) is 10.2. The van der Waals surface area contributed by atoms with E-state index in [1.165, 1.54) is 4.88 Å². The zero-order chi connectivity index (χ0) is 15.1. The molecule has 1 amide bonds. The summed E-state index contributed by atoms with van der Waals surface area (Å²) < 4.78 is 0. The summed E-state index contributed by atoms with van der Waals surface area (Å²) >= 11 is 1.66. The lowest BCUT2D eigenvalue weighted by atomic mass is 10.2. The van der Waals surface area contributed by atoms with Crippen molar-refractivity contribution >= 4 is 17.2 Å². The number of pyridine rings is 1. The van der Waals surface area contributed by atoms with E-state index in [-0.39, 0.29) is 12.5 Å². The molecule has 5 heteroatoms. The maximum absolute atomic E-state index is 12.2. The zero-order valence-electron chi connectivity index (χ0n) is 11.7. The summed E-state index contributed by atoms with van der Waals surface area (Å²) in [5, 5.41) is 11.6. The van der Waals surface area contributed by atoms with Crippen LogP contribution in [0.2, 0.25) is 0 Å². The van der Waals surface area contributed by atoms with Crippen molar-refractivity contribution in [2.75, 3.05) is 6.61 Å². The Bertz CT molecular complexity index is 683. The molecule has 0 unspecified atom stereocenters. The molecule has 0 spiro atoms. The number of carbonyl (C=O) groups excluding carboxylic acids is 1.